The van der Waals surface area contributed by atoms with Crippen LogP contribution in [0.2, 0.25) is 5.02 Å². The standard InChI is InChI=1S/C13H10ClN5S2/c14-8-1-4-21-12(8)10-7(5-16)9-11(19(10)3-2-15)13(20)18-6-17-9/h1,4,6H,2-3,15H2,(H,17,18,20). The first-order valence-electron chi connectivity index (χ1n) is 6.12. The van der Waals surface area contributed by atoms with Crippen molar-refractivity contribution in [2.75, 3.05) is 6.54 Å². The molecule has 0 saturated carbocycles. The summed E-state index contributed by atoms with van der Waals surface area (Å²) >= 11 is 13.0. The molecule has 3 N–H and O–H groups in total. The summed E-state index contributed by atoms with van der Waals surface area (Å²) in [5.74, 6) is 0. The van der Waals surface area contributed by atoms with Crippen LogP contribution < -0.4 is 5.73 Å². The Hall–Kier alpha value is -1.72. The maximum atomic E-state index is 9.57. The maximum absolute atomic E-state index is 9.57. The third-order valence-electron chi connectivity index (χ3n) is 3.15. The van der Waals surface area contributed by atoms with Crippen molar-refractivity contribution in [1.29, 1.82) is 5.26 Å². The van der Waals surface area contributed by atoms with E-state index >= 15 is 0 Å². The Balaban J connectivity index is 2.51. The molecule has 8 heteroatoms. The quantitative estimate of drug-likeness (QED) is 0.719. The summed E-state index contributed by atoms with van der Waals surface area (Å²) in [4.78, 5) is 7.95. The Bertz CT molecular complexity index is 915. The Kier molecular flexibility index (Phi) is 3.78. The number of H-pyrrole nitrogens is 1. The molecule has 3 aromatic heterocycles. The van der Waals surface area contributed by atoms with E-state index < -0.39 is 0 Å². The maximum Gasteiger partial charge on any atom is 0.153 e. The van der Waals surface area contributed by atoms with Crippen LogP contribution in [0.25, 0.3) is 21.6 Å². The van der Waals surface area contributed by atoms with E-state index in [0.29, 0.717) is 39.3 Å². The molecule has 5 nitrogen and oxygen atoms in total. The summed E-state index contributed by atoms with van der Waals surface area (Å²) in [7, 11) is 0. The van der Waals surface area contributed by atoms with Gasteiger partial charge in [-0.15, -0.1) is 11.3 Å². The molecule has 0 aliphatic rings. The van der Waals surface area contributed by atoms with Crippen molar-refractivity contribution in [2.24, 2.45) is 5.73 Å². The van der Waals surface area contributed by atoms with Gasteiger partial charge < -0.3 is 15.3 Å². The largest absolute Gasteiger partial charge is 0.343 e. The SMILES string of the molecule is N#Cc1c(-c2sccc2Cl)n(CCN)c2c(=S)nc[nH]c12. The lowest BCUT2D eigenvalue weighted by Gasteiger charge is -2.08. The first-order chi connectivity index (χ1) is 10.2. The fourth-order valence-electron chi connectivity index (χ4n) is 2.36. The number of hydrogen-bond donors (Lipinski definition) is 2. The molecule has 0 aliphatic heterocycles. The molecule has 3 rings (SSSR count). The minimum Gasteiger partial charge on any atom is -0.343 e. The zero-order valence-electron chi connectivity index (χ0n) is 10.8. The van der Waals surface area contributed by atoms with Gasteiger partial charge >= 0.3 is 0 Å². The number of fused-ring (bicyclic) bond motifs is 1. The van der Waals surface area contributed by atoms with Gasteiger partial charge in [0.15, 0.2) is 4.64 Å². The summed E-state index contributed by atoms with van der Waals surface area (Å²) in [6.07, 6.45) is 1.50. The van der Waals surface area contributed by atoms with E-state index in [4.69, 9.17) is 29.6 Å². The highest BCUT2D eigenvalue weighted by atomic mass is 35.5. The molecule has 3 heterocycles. The van der Waals surface area contributed by atoms with E-state index in [-0.39, 0.29) is 0 Å². The highest BCUT2D eigenvalue weighted by molar-refractivity contribution is 7.71. The number of nitriles is 1. The van der Waals surface area contributed by atoms with Crippen LogP contribution in [0.1, 0.15) is 5.56 Å². The number of halogens is 1. The molecular weight excluding hydrogens is 326 g/mol. The number of nitrogens with zero attached hydrogens (tertiary/aromatic N) is 3. The van der Waals surface area contributed by atoms with Gasteiger partial charge in [0.05, 0.1) is 27.4 Å². The number of hydrogen-bond acceptors (Lipinski definition) is 5. The highest BCUT2D eigenvalue weighted by Crippen LogP contribution is 2.39. The molecule has 0 radical (unpaired) electrons. The zero-order chi connectivity index (χ0) is 15.0. The monoisotopic (exact) mass is 335 g/mol. The number of nitrogens with two attached hydrogens (primary N) is 1. The third-order valence-corrected chi connectivity index (χ3v) is 4.80. The Morgan fingerprint density at radius 2 is 2.38 bits per heavy atom. The van der Waals surface area contributed by atoms with Crippen LogP contribution in [0.3, 0.4) is 0 Å². The molecule has 0 aromatic carbocycles. The van der Waals surface area contributed by atoms with Crippen LogP contribution >= 0.6 is 35.2 Å². The van der Waals surface area contributed by atoms with Crippen LogP contribution in [0.15, 0.2) is 17.8 Å². The summed E-state index contributed by atoms with van der Waals surface area (Å²) in [5.41, 5.74) is 8.36. The number of nitrogens with one attached hydrogen (secondary N) is 1. The summed E-state index contributed by atoms with van der Waals surface area (Å²) < 4.78 is 2.37. The van der Waals surface area contributed by atoms with E-state index in [1.807, 2.05) is 16.0 Å². The lowest BCUT2D eigenvalue weighted by molar-refractivity contribution is 0.740. The van der Waals surface area contributed by atoms with Crippen LogP contribution in [-0.4, -0.2) is 21.1 Å². The lowest BCUT2D eigenvalue weighted by atomic mass is 10.2. The predicted octanol–water partition coefficient (Wildman–Crippen LogP) is 3.31. The van der Waals surface area contributed by atoms with E-state index in [1.54, 1.807) is 0 Å². The lowest BCUT2D eigenvalue weighted by Crippen LogP contribution is -2.11. The van der Waals surface area contributed by atoms with Crippen LogP contribution in [0.4, 0.5) is 0 Å². The van der Waals surface area contributed by atoms with Gasteiger partial charge in [0.1, 0.15) is 17.1 Å². The van der Waals surface area contributed by atoms with Crippen LogP contribution in [-0.2, 0) is 6.54 Å². The summed E-state index contributed by atoms with van der Waals surface area (Å²) in [6.45, 7) is 0.958. The smallest absolute Gasteiger partial charge is 0.153 e. The van der Waals surface area contributed by atoms with Gasteiger partial charge in [-0.3, -0.25) is 0 Å². The molecule has 0 fully saturated rings. The molecule has 0 spiro atoms. The second-order valence-corrected chi connectivity index (χ2v) is 6.01. The van der Waals surface area contributed by atoms with E-state index in [0.717, 1.165) is 10.6 Å². The van der Waals surface area contributed by atoms with Gasteiger partial charge in [-0.05, 0) is 11.4 Å². The van der Waals surface area contributed by atoms with Gasteiger partial charge in [-0.25, -0.2) is 4.98 Å². The zero-order valence-corrected chi connectivity index (χ0v) is 13.1. The fraction of sp³-hybridized carbons (Fsp3) is 0.154. The van der Waals surface area contributed by atoms with Crippen LogP contribution in [0, 0.1) is 16.0 Å². The summed E-state index contributed by atoms with van der Waals surface area (Å²) in [6, 6.07) is 4.05. The molecule has 0 bridgehead atoms. The van der Waals surface area contributed by atoms with Crippen molar-refractivity contribution < 1.29 is 0 Å². The molecule has 0 saturated heterocycles. The highest BCUT2D eigenvalue weighted by Gasteiger charge is 2.22. The second kappa shape index (κ2) is 5.58. The van der Waals surface area contributed by atoms with Gasteiger partial charge in [0.2, 0.25) is 0 Å². The van der Waals surface area contributed by atoms with Crippen molar-refractivity contribution in [3.8, 4) is 16.6 Å². The third kappa shape index (κ3) is 2.17. The minimum absolute atomic E-state index is 0.425. The first kappa shape index (κ1) is 14.2. The van der Waals surface area contributed by atoms with Crippen molar-refractivity contribution in [3.63, 3.8) is 0 Å². The molecule has 0 amide bonds. The van der Waals surface area contributed by atoms with E-state index in [9.17, 15) is 5.26 Å². The molecule has 106 valence electrons. The van der Waals surface area contributed by atoms with Crippen molar-refractivity contribution in [1.82, 2.24) is 14.5 Å². The van der Waals surface area contributed by atoms with Crippen molar-refractivity contribution >= 4 is 46.2 Å². The fourth-order valence-corrected chi connectivity index (χ4v) is 3.83. The van der Waals surface area contributed by atoms with Crippen LogP contribution in [0.5, 0.6) is 0 Å². The second-order valence-electron chi connectivity index (χ2n) is 4.30. The minimum atomic E-state index is 0.425. The van der Waals surface area contributed by atoms with Gasteiger partial charge in [0.25, 0.3) is 0 Å². The predicted molar refractivity (Wildman–Crippen MR) is 87.0 cm³/mol. The van der Waals surface area contributed by atoms with Gasteiger partial charge in [-0.2, -0.15) is 5.26 Å². The average molecular weight is 336 g/mol. The normalized spacial score (nSPS) is 10.9. The number of rotatable bonds is 3. The van der Waals surface area contributed by atoms with E-state index in [1.165, 1.54) is 17.7 Å². The molecule has 3 aromatic rings. The Labute approximate surface area is 134 Å². The van der Waals surface area contributed by atoms with Crippen molar-refractivity contribution in [2.45, 2.75) is 6.54 Å². The number of aromatic nitrogens is 3. The number of thiophene rings is 1. The molecule has 21 heavy (non-hydrogen) atoms. The van der Waals surface area contributed by atoms with Crippen molar-refractivity contribution in [3.05, 3.63) is 33.0 Å². The molecule has 0 unspecified atom stereocenters. The summed E-state index contributed by atoms with van der Waals surface area (Å²) in [5, 5.41) is 12.1. The molecule has 0 aliphatic carbocycles. The Morgan fingerprint density at radius 1 is 1.57 bits per heavy atom. The Morgan fingerprint density at radius 3 is 3.00 bits per heavy atom. The van der Waals surface area contributed by atoms with Gasteiger partial charge in [-0.1, -0.05) is 23.8 Å². The average Bonchev–Trinajstić information content (AvgIpc) is 3.01. The van der Waals surface area contributed by atoms with Gasteiger partial charge in [0, 0.05) is 13.1 Å². The first-order valence-corrected chi connectivity index (χ1v) is 7.79. The number of aromatic amines is 1. The molecule has 0 atom stereocenters. The topological polar surface area (TPSA) is 83.4 Å². The molecular formula is C13H10ClN5S2. The van der Waals surface area contributed by atoms with E-state index in [2.05, 4.69) is 16.0 Å².